The van der Waals surface area contributed by atoms with Crippen LogP contribution >= 0.6 is 15.9 Å². The van der Waals surface area contributed by atoms with Crippen LogP contribution in [0.15, 0.2) is 28.7 Å². The van der Waals surface area contributed by atoms with E-state index >= 15 is 0 Å². The number of morpholine rings is 2. The summed E-state index contributed by atoms with van der Waals surface area (Å²) in [7, 11) is 0. The van der Waals surface area contributed by atoms with Crippen molar-refractivity contribution >= 4 is 21.8 Å². The number of amides is 1. The molecule has 2 heterocycles. The molecule has 5 nitrogen and oxygen atoms in total. The van der Waals surface area contributed by atoms with E-state index < -0.39 is 0 Å². The maximum Gasteiger partial charge on any atom is 0.253 e. The molecule has 1 aromatic rings. The molecule has 2 fully saturated rings. The minimum atomic E-state index is -0.361. The van der Waals surface area contributed by atoms with Gasteiger partial charge in [-0.25, -0.2) is 0 Å². The van der Waals surface area contributed by atoms with E-state index in [-0.39, 0.29) is 18.1 Å². The summed E-state index contributed by atoms with van der Waals surface area (Å²) in [6.45, 7) is 3.77. The average Bonchev–Trinajstić information content (AvgIpc) is 2.55. The second kappa shape index (κ2) is 6.87. The van der Waals surface area contributed by atoms with Crippen molar-refractivity contribution in [3.63, 3.8) is 0 Å². The van der Waals surface area contributed by atoms with E-state index in [1.165, 1.54) is 0 Å². The summed E-state index contributed by atoms with van der Waals surface area (Å²) in [6, 6.07) is 8.04. The highest BCUT2D eigenvalue weighted by atomic mass is 79.9. The fourth-order valence-electron chi connectivity index (χ4n) is 2.69. The van der Waals surface area contributed by atoms with E-state index in [0.29, 0.717) is 32.8 Å². The Labute approximate surface area is 132 Å². The van der Waals surface area contributed by atoms with Crippen LogP contribution in [0.5, 0.6) is 0 Å². The van der Waals surface area contributed by atoms with Gasteiger partial charge in [-0.15, -0.1) is 0 Å². The van der Waals surface area contributed by atoms with Gasteiger partial charge in [0.1, 0.15) is 12.2 Å². The fourth-order valence-corrected chi connectivity index (χ4v) is 3.10. The van der Waals surface area contributed by atoms with Crippen molar-refractivity contribution in [3.05, 3.63) is 34.3 Å². The summed E-state index contributed by atoms with van der Waals surface area (Å²) in [6.07, 6.45) is -0.434. The zero-order chi connectivity index (χ0) is 14.7. The molecule has 114 valence electrons. The van der Waals surface area contributed by atoms with Crippen LogP contribution in [-0.2, 0) is 14.3 Å². The van der Waals surface area contributed by atoms with E-state index in [1.807, 2.05) is 29.2 Å². The lowest BCUT2D eigenvalue weighted by Gasteiger charge is -2.36. The smallest absolute Gasteiger partial charge is 0.253 e. The molecule has 0 aliphatic carbocycles. The van der Waals surface area contributed by atoms with E-state index in [0.717, 1.165) is 16.6 Å². The summed E-state index contributed by atoms with van der Waals surface area (Å²) in [5.74, 6) is 0.0606. The number of nitrogens with one attached hydrogen (secondary N) is 1. The van der Waals surface area contributed by atoms with E-state index in [1.54, 1.807) is 0 Å². The van der Waals surface area contributed by atoms with Crippen molar-refractivity contribution in [2.45, 2.75) is 12.2 Å². The lowest BCUT2D eigenvalue weighted by molar-refractivity contribution is -0.152. The first-order valence-electron chi connectivity index (χ1n) is 7.22. The van der Waals surface area contributed by atoms with Crippen molar-refractivity contribution in [1.82, 2.24) is 10.2 Å². The highest BCUT2D eigenvalue weighted by Crippen LogP contribution is 2.25. The molecule has 0 aromatic heterocycles. The Morgan fingerprint density at radius 3 is 3.00 bits per heavy atom. The van der Waals surface area contributed by atoms with E-state index in [2.05, 4.69) is 21.2 Å². The zero-order valence-corrected chi connectivity index (χ0v) is 13.3. The Morgan fingerprint density at radius 2 is 2.24 bits per heavy atom. The molecule has 0 saturated carbocycles. The second-order valence-electron chi connectivity index (χ2n) is 5.26. The Morgan fingerprint density at radius 1 is 1.33 bits per heavy atom. The van der Waals surface area contributed by atoms with Crippen LogP contribution in [0.2, 0.25) is 0 Å². The van der Waals surface area contributed by atoms with Crippen LogP contribution in [0, 0.1) is 0 Å². The van der Waals surface area contributed by atoms with Crippen LogP contribution in [-0.4, -0.2) is 56.3 Å². The molecule has 2 atom stereocenters. The van der Waals surface area contributed by atoms with Crippen LogP contribution < -0.4 is 5.32 Å². The number of carbonyl (C=O) groups is 1. The predicted octanol–water partition coefficient (Wildman–Crippen LogP) is 1.34. The summed E-state index contributed by atoms with van der Waals surface area (Å²) < 4.78 is 12.4. The van der Waals surface area contributed by atoms with Crippen molar-refractivity contribution in [2.75, 3.05) is 39.4 Å². The second-order valence-corrected chi connectivity index (χ2v) is 6.18. The van der Waals surface area contributed by atoms with Gasteiger partial charge in [-0.2, -0.15) is 0 Å². The van der Waals surface area contributed by atoms with Gasteiger partial charge in [0.15, 0.2) is 0 Å². The number of hydrogen-bond donors (Lipinski definition) is 1. The molecule has 2 aliphatic rings. The van der Waals surface area contributed by atoms with Crippen LogP contribution in [0.3, 0.4) is 0 Å². The van der Waals surface area contributed by atoms with Gasteiger partial charge in [0.2, 0.25) is 0 Å². The average molecular weight is 355 g/mol. The third-order valence-electron chi connectivity index (χ3n) is 3.80. The maximum absolute atomic E-state index is 12.5. The highest BCUT2D eigenvalue weighted by molar-refractivity contribution is 9.10. The Kier molecular flexibility index (Phi) is 4.90. The van der Waals surface area contributed by atoms with Gasteiger partial charge in [0.25, 0.3) is 5.91 Å². The molecule has 0 radical (unpaired) electrons. The number of benzene rings is 1. The van der Waals surface area contributed by atoms with Gasteiger partial charge in [0, 0.05) is 24.1 Å². The zero-order valence-electron chi connectivity index (χ0n) is 11.8. The predicted molar refractivity (Wildman–Crippen MR) is 82.0 cm³/mol. The van der Waals surface area contributed by atoms with Crippen LogP contribution in [0.4, 0.5) is 0 Å². The molecule has 2 aliphatic heterocycles. The summed E-state index contributed by atoms with van der Waals surface area (Å²) >= 11 is 3.47. The summed E-state index contributed by atoms with van der Waals surface area (Å²) in [5, 5.41) is 3.20. The molecule has 0 bridgehead atoms. The lowest BCUT2D eigenvalue weighted by Crippen LogP contribution is -2.52. The monoisotopic (exact) mass is 354 g/mol. The largest absolute Gasteiger partial charge is 0.370 e. The van der Waals surface area contributed by atoms with Crippen molar-refractivity contribution in [3.8, 4) is 0 Å². The number of halogens is 1. The molecule has 2 saturated heterocycles. The van der Waals surface area contributed by atoms with Crippen LogP contribution in [0.1, 0.15) is 11.7 Å². The van der Waals surface area contributed by atoms with Crippen molar-refractivity contribution < 1.29 is 14.3 Å². The fraction of sp³-hybridized carbons (Fsp3) is 0.533. The van der Waals surface area contributed by atoms with Gasteiger partial charge in [-0.05, 0) is 17.7 Å². The Balaban J connectivity index is 1.66. The topological polar surface area (TPSA) is 50.8 Å². The molecular weight excluding hydrogens is 336 g/mol. The highest BCUT2D eigenvalue weighted by Gasteiger charge is 2.31. The van der Waals surface area contributed by atoms with Gasteiger partial charge in [-0.3, -0.25) is 4.79 Å². The molecule has 3 rings (SSSR count). The summed E-state index contributed by atoms with van der Waals surface area (Å²) in [5.41, 5.74) is 1.09. The normalized spacial score (nSPS) is 26.6. The number of carbonyl (C=O) groups excluding carboxylic acids is 1. The van der Waals surface area contributed by atoms with Crippen molar-refractivity contribution in [2.24, 2.45) is 0 Å². The molecule has 1 amide bonds. The van der Waals surface area contributed by atoms with Gasteiger partial charge >= 0.3 is 0 Å². The molecular formula is C15H19BrN2O3. The number of nitrogens with zero attached hydrogens (tertiary/aromatic N) is 1. The minimum Gasteiger partial charge on any atom is -0.370 e. The standard InChI is InChI=1S/C15H19BrN2O3/c16-12-3-1-2-11(8-12)14-10-18(5-7-21-14)15(19)13-9-17-4-6-20-13/h1-3,8,13-14,17H,4-7,9-10H2. The first-order chi connectivity index (χ1) is 10.2. The number of hydrogen-bond acceptors (Lipinski definition) is 4. The molecule has 1 aromatic carbocycles. The number of ether oxygens (including phenoxy) is 2. The van der Waals surface area contributed by atoms with E-state index in [9.17, 15) is 4.79 Å². The minimum absolute atomic E-state index is 0.0606. The molecule has 6 heteroatoms. The molecule has 2 unspecified atom stereocenters. The van der Waals surface area contributed by atoms with Gasteiger partial charge in [-0.1, -0.05) is 28.1 Å². The Bertz CT molecular complexity index is 505. The Hall–Kier alpha value is -0.950. The quantitative estimate of drug-likeness (QED) is 0.870. The lowest BCUT2D eigenvalue weighted by atomic mass is 10.1. The molecule has 21 heavy (non-hydrogen) atoms. The first kappa shape index (κ1) is 15.0. The first-order valence-corrected chi connectivity index (χ1v) is 8.01. The van der Waals surface area contributed by atoms with Gasteiger partial charge in [0.05, 0.1) is 19.8 Å². The summed E-state index contributed by atoms with van der Waals surface area (Å²) in [4.78, 5) is 14.3. The molecule has 1 N–H and O–H groups in total. The van der Waals surface area contributed by atoms with Crippen LogP contribution in [0.25, 0.3) is 0 Å². The SMILES string of the molecule is O=C(C1CNCCO1)N1CCOC(c2cccc(Br)c2)C1. The third-order valence-corrected chi connectivity index (χ3v) is 4.29. The maximum atomic E-state index is 12.5. The van der Waals surface area contributed by atoms with Crippen molar-refractivity contribution in [1.29, 1.82) is 0 Å². The van der Waals surface area contributed by atoms with E-state index in [4.69, 9.17) is 9.47 Å². The van der Waals surface area contributed by atoms with Gasteiger partial charge < -0.3 is 19.7 Å². The third kappa shape index (κ3) is 3.63. The number of rotatable bonds is 2. The molecule has 0 spiro atoms.